The first-order chi connectivity index (χ1) is 8.28. The van der Waals surface area contributed by atoms with Gasteiger partial charge in [-0.15, -0.1) is 0 Å². The molecule has 0 saturated carbocycles. The summed E-state index contributed by atoms with van der Waals surface area (Å²) in [5.41, 5.74) is 0. The summed E-state index contributed by atoms with van der Waals surface area (Å²) in [6, 6.07) is 0.756. The maximum atomic E-state index is 3.50. The molecule has 0 heterocycles. The standard InChI is InChI=1S/C16H35N/c1-5-8-9-10-11-12-13-16(17-4)14-15(6-2)7-3/h15-17H,5-14H2,1-4H3. The molecule has 1 N–H and O–H groups in total. The van der Waals surface area contributed by atoms with Crippen molar-refractivity contribution in [2.24, 2.45) is 5.92 Å². The lowest BCUT2D eigenvalue weighted by atomic mass is 9.92. The summed E-state index contributed by atoms with van der Waals surface area (Å²) in [7, 11) is 2.13. The molecule has 0 aromatic carbocycles. The van der Waals surface area contributed by atoms with Crippen molar-refractivity contribution >= 4 is 0 Å². The summed E-state index contributed by atoms with van der Waals surface area (Å²) < 4.78 is 0. The van der Waals surface area contributed by atoms with Gasteiger partial charge in [-0.1, -0.05) is 72.1 Å². The highest BCUT2D eigenvalue weighted by Crippen LogP contribution is 2.18. The lowest BCUT2D eigenvalue weighted by molar-refractivity contribution is 0.357. The molecule has 1 heteroatoms. The van der Waals surface area contributed by atoms with E-state index < -0.39 is 0 Å². The van der Waals surface area contributed by atoms with Crippen LogP contribution >= 0.6 is 0 Å². The monoisotopic (exact) mass is 241 g/mol. The van der Waals surface area contributed by atoms with Crippen molar-refractivity contribution in [2.75, 3.05) is 7.05 Å². The first-order valence-electron chi connectivity index (χ1n) is 7.95. The van der Waals surface area contributed by atoms with Crippen LogP contribution in [0.1, 0.15) is 85.0 Å². The van der Waals surface area contributed by atoms with Crippen LogP contribution in [-0.4, -0.2) is 13.1 Å². The van der Waals surface area contributed by atoms with Crippen molar-refractivity contribution < 1.29 is 0 Å². The molecule has 0 aliphatic heterocycles. The quantitative estimate of drug-likeness (QED) is 0.466. The largest absolute Gasteiger partial charge is 0.317 e. The van der Waals surface area contributed by atoms with E-state index in [1.165, 1.54) is 64.2 Å². The van der Waals surface area contributed by atoms with Crippen molar-refractivity contribution in [2.45, 2.75) is 91.0 Å². The number of hydrogen-bond donors (Lipinski definition) is 1. The predicted octanol–water partition coefficient (Wildman–Crippen LogP) is 5.15. The maximum Gasteiger partial charge on any atom is 0.00666 e. The summed E-state index contributed by atoms with van der Waals surface area (Å²) in [5, 5.41) is 3.50. The minimum atomic E-state index is 0.756. The fraction of sp³-hybridized carbons (Fsp3) is 1.00. The Morgan fingerprint density at radius 2 is 1.41 bits per heavy atom. The van der Waals surface area contributed by atoms with Crippen molar-refractivity contribution in [3.05, 3.63) is 0 Å². The molecular formula is C16H35N. The summed E-state index contributed by atoms with van der Waals surface area (Å²) in [5.74, 6) is 0.924. The van der Waals surface area contributed by atoms with E-state index in [2.05, 4.69) is 33.1 Å². The molecule has 1 atom stereocenters. The maximum absolute atomic E-state index is 3.50. The number of rotatable bonds is 12. The normalized spacial score (nSPS) is 13.2. The van der Waals surface area contributed by atoms with Crippen molar-refractivity contribution in [3.8, 4) is 0 Å². The van der Waals surface area contributed by atoms with Gasteiger partial charge in [-0.2, -0.15) is 0 Å². The number of nitrogens with one attached hydrogen (secondary N) is 1. The van der Waals surface area contributed by atoms with Crippen LogP contribution < -0.4 is 5.32 Å². The summed E-state index contributed by atoms with van der Waals surface area (Å²) >= 11 is 0. The molecule has 0 bridgehead atoms. The molecule has 0 aliphatic rings. The lowest BCUT2D eigenvalue weighted by Gasteiger charge is -2.21. The van der Waals surface area contributed by atoms with Gasteiger partial charge in [-0.25, -0.2) is 0 Å². The lowest BCUT2D eigenvalue weighted by Crippen LogP contribution is -2.27. The predicted molar refractivity (Wildman–Crippen MR) is 79.5 cm³/mol. The SMILES string of the molecule is CCCCCCCCC(CC(CC)CC)NC. The van der Waals surface area contributed by atoms with Crippen LogP contribution in [0.25, 0.3) is 0 Å². The van der Waals surface area contributed by atoms with Crippen LogP contribution in [0.5, 0.6) is 0 Å². The zero-order valence-electron chi connectivity index (χ0n) is 12.7. The van der Waals surface area contributed by atoms with E-state index in [0.717, 1.165) is 12.0 Å². The molecular weight excluding hydrogens is 206 g/mol. The van der Waals surface area contributed by atoms with Gasteiger partial charge in [0, 0.05) is 6.04 Å². The Labute approximate surface area is 110 Å². The Balaban J connectivity index is 3.53. The van der Waals surface area contributed by atoms with Crippen LogP contribution in [0.4, 0.5) is 0 Å². The summed E-state index contributed by atoms with van der Waals surface area (Å²) in [6.45, 7) is 6.93. The molecule has 0 aromatic heterocycles. The van der Waals surface area contributed by atoms with E-state index >= 15 is 0 Å². The molecule has 0 aromatic rings. The van der Waals surface area contributed by atoms with E-state index in [0.29, 0.717) is 0 Å². The second kappa shape index (κ2) is 12.4. The third-order valence-electron chi connectivity index (χ3n) is 4.09. The molecule has 0 rings (SSSR count). The van der Waals surface area contributed by atoms with Gasteiger partial charge in [0.15, 0.2) is 0 Å². The average molecular weight is 241 g/mol. The van der Waals surface area contributed by atoms with Crippen molar-refractivity contribution in [3.63, 3.8) is 0 Å². The molecule has 0 spiro atoms. The molecule has 0 fully saturated rings. The first kappa shape index (κ1) is 17.0. The minimum absolute atomic E-state index is 0.756. The average Bonchev–Trinajstić information content (AvgIpc) is 2.37. The van der Waals surface area contributed by atoms with E-state index in [1.807, 2.05) is 0 Å². The smallest absolute Gasteiger partial charge is 0.00666 e. The van der Waals surface area contributed by atoms with Crippen LogP contribution in [-0.2, 0) is 0 Å². The Kier molecular flexibility index (Phi) is 12.4. The van der Waals surface area contributed by atoms with Crippen LogP contribution in [0.15, 0.2) is 0 Å². The highest BCUT2D eigenvalue weighted by atomic mass is 14.9. The van der Waals surface area contributed by atoms with Crippen molar-refractivity contribution in [1.29, 1.82) is 0 Å². The number of hydrogen-bond acceptors (Lipinski definition) is 1. The van der Waals surface area contributed by atoms with E-state index in [-0.39, 0.29) is 0 Å². The van der Waals surface area contributed by atoms with Crippen LogP contribution in [0.3, 0.4) is 0 Å². The van der Waals surface area contributed by atoms with E-state index in [4.69, 9.17) is 0 Å². The summed E-state index contributed by atoms with van der Waals surface area (Å²) in [4.78, 5) is 0. The van der Waals surface area contributed by atoms with Gasteiger partial charge >= 0.3 is 0 Å². The first-order valence-corrected chi connectivity index (χ1v) is 7.95. The fourth-order valence-electron chi connectivity index (χ4n) is 2.58. The van der Waals surface area contributed by atoms with Gasteiger partial charge in [-0.05, 0) is 25.8 Å². The second-order valence-electron chi connectivity index (χ2n) is 5.46. The third kappa shape index (κ3) is 9.64. The zero-order chi connectivity index (χ0) is 12.9. The molecule has 1 unspecified atom stereocenters. The Hall–Kier alpha value is -0.0400. The molecule has 17 heavy (non-hydrogen) atoms. The molecule has 0 amide bonds. The Morgan fingerprint density at radius 1 is 0.824 bits per heavy atom. The Morgan fingerprint density at radius 3 is 1.94 bits per heavy atom. The Bertz CT molecular complexity index is 140. The molecule has 0 aliphatic carbocycles. The van der Waals surface area contributed by atoms with E-state index in [9.17, 15) is 0 Å². The van der Waals surface area contributed by atoms with Gasteiger partial charge in [0.25, 0.3) is 0 Å². The van der Waals surface area contributed by atoms with Gasteiger partial charge in [0.1, 0.15) is 0 Å². The van der Waals surface area contributed by atoms with Crippen LogP contribution in [0.2, 0.25) is 0 Å². The highest BCUT2D eigenvalue weighted by Gasteiger charge is 2.11. The second-order valence-corrected chi connectivity index (χ2v) is 5.46. The number of unbranched alkanes of at least 4 members (excludes halogenated alkanes) is 5. The van der Waals surface area contributed by atoms with Gasteiger partial charge < -0.3 is 5.32 Å². The minimum Gasteiger partial charge on any atom is -0.317 e. The molecule has 1 nitrogen and oxygen atoms in total. The van der Waals surface area contributed by atoms with Gasteiger partial charge in [0.2, 0.25) is 0 Å². The summed E-state index contributed by atoms with van der Waals surface area (Å²) in [6.07, 6.45) is 13.9. The molecule has 0 saturated heterocycles. The topological polar surface area (TPSA) is 12.0 Å². The van der Waals surface area contributed by atoms with Crippen LogP contribution in [0, 0.1) is 5.92 Å². The fourth-order valence-corrected chi connectivity index (χ4v) is 2.58. The van der Waals surface area contributed by atoms with E-state index in [1.54, 1.807) is 0 Å². The van der Waals surface area contributed by atoms with Crippen molar-refractivity contribution in [1.82, 2.24) is 5.32 Å². The molecule has 0 radical (unpaired) electrons. The molecule has 104 valence electrons. The zero-order valence-corrected chi connectivity index (χ0v) is 12.7. The third-order valence-corrected chi connectivity index (χ3v) is 4.09. The van der Waals surface area contributed by atoms with Gasteiger partial charge in [-0.3, -0.25) is 0 Å². The van der Waals surface area contributed by atoms with Gasteiger partial charge in [0.05, 0.1) is 0 Å². The highest BCUT2D eigenvalue weighted by molar-refractivity contribution is 4.69.